The van der Waals surface area contributed by atoms with Crippen LogP contribution >= 0.6 is 11.3 Å². The summed E-state index contributed by atoms with van der Waals surface area (Å²) < 4.78 is 0. The smallest absolute Gasteiger partial charge is 0.339 e. The van der Waals surface area contributed by atoms with Gasteiger partial charge in [0.2, 0.25) is 0 Å². The lowest BCUT2D eigenvalue weighted by atomic mass is 10.1. The van der Waals surface area contributed by atoms with E-state index in [1.54, 1.807) is 24.3 Å². The van der Waals surface area contributed by atoms with Crippen LogP contribution in [-0.2, 0) is 6.54 Å². The Hall–Kier alpha value is -1.88. The molecular weight excluding hydrogens is 260 g/mol. The number of hydrogen-bond donors (Lipinski definition) is 2. The van der Waals surface area contributed by atoms with Crippen LogP contribution in [0.5, 0.6) is 0 Å². The van der Waals surface area contributed by atoms with E-state index < -0.39 is 5.97 Å². The summed E-state index contributed by atoms with van der Waals surface area (Å²) in [6.45, 7) is 6.25. The van der Waals surface area contributed by atoms with Crippen LogP contribution in [0.15, 0.2) is 16.8 Å². The molecular formula is C14H16N2O2S. The molecule has 0 saturated heterocycles. The van der Waals surface area contributed by atoms with Crippen LogP contribution in [0.4, 0.5) is 5.69 Å². The SMILES string of the molecule is Cc1cc(NCc2cscc2C)c(C(=O)O)c(C)n1. The molecule has 0 aliphatic carbocycles. The molecule has 2 aromatic rings. The highest BCUT2D eigenvalue weighted by molar-refractivity contribution is 7.08. The fraction of sp³-hybridized carbons (Fsp3) is 0.286. The standard InChI is InChI=1S/C14H16N2O2S/c1-8-6-19-7-11(8)5-15-12-4-9(2)16-10(3)13(12)14(17)18/h4,6-7H,5H2,1-3H3,(H,15,16)(H,17,18). The lowest BCUT2D eigenvalue weighted by molar-refractivity contribution is 0.0696. The molecule has 4 nitrogen and oxygen atoms in total. The van der Waals surface area contributed by atoms with Crippen LogP contribution in [0, 0.1) is 20.8 Å². The van der Waals surface area contributed by atoms with Crippen LogP contribution in [0.1, 0.15) is 32.9 Å². The molecule has 5 heteroatoms. The van der Waals surface area contributed by atoms with Gasteiger partial charge in [0.05, 0.1) is 11.4 Å². The second-order valence-electron chi connectivity index (χ2n) is 4.51. The summed E-state index contributed by atoms with van der Waals surface area (Å²) >= 11 is 1.65. The first-order valence-electron chi connectivity index (χ1n) is 5.96. The fourth-order valence-corrected chi connectivity index (χ4v) is 2.85. The van der Waals surface area contributed by atoms with Crippen molar-refractivity contribution in [3.8, 4) is 0 Å². The summed E-state index contributed by atoms with van der Waals surface area (Å²) in [6, 6.07) is 1.78. The lowest BCUT2D eigenvalue weighted by Gasteiger charge is -2.12. The van der Waals surface area contributed by atoms with Gasteiger partial charge in [-0.3, -0.25) is 4.98 Å². The van der Waals surface area contributed by atoms with Crippen LogP contribution in [0.3, 0.4) is 0 Å². The van der Waals surface area contributed by atoms with E-state index in [1.165, 1.54) is 11.1 Å². The summed E-state index contributed by atoms with van der Waals surface area (Å²) in [6.07, 6.45) is 0. The average molecular weight is 276 g/mol. The van der Waals surface area contributed by atoms with Gasteiger partial charge in [0.25, 0.3) is 0 Å². The summed E-state index contributed by atoms with van der Waals surface area (Å²) in [4.78, 5) is 15.5. The number of aromatic carboxylic acids is 1. The molecule has 0 radical (unpaired) electrons. The number of rotatable bonds is 4. The Labute approximate surface area is 116 Å². The van der Waals surface area contributed by atoms with Crippen LogP contribution < -0.4 is 5.32 Å². The molecule has 19 heavy (non-hydrogen) atoms. The van der Waals surface area contributed by atoms with Crippen molar-refractivity contribution in [1.82, 2.24) is 4.98 Å². The third-order valence-corrected chi connectivity index (χ3v) is 3.88. The Bertz CT molecular complexity index is 620. The molecule has 0 aliphatic rings. The van der Waals surface area contributed by atoms with Gasteiger partial charge >= 0.3 is 5.97 Å². The quantitative estimate of drug-likeness (QED) is 0.898. The number of carboxylic acid groups (broad SMARTS) is 1. The van der Waals surface area contributed by atoms with Gasteiger partial charge in [0.15, 0.2) is 0 Å². The number of nitrogens with one attached hydrogen (secondary N) is 1. The second kappa shape index (κ2) is 5.40. The third-order valence-electron chi connectivity index (χ3n) is 2.97. The van der Waals surface area contributed by atoms with Gasteiger partial charge in [-0.05, 0) is 48.7 Å². The van der Waals surface area contributed by atoms with Gasteiger partial charge in [-0.15, -0.1) is 0 Å². The molecule has 0 saturated carbocycles. The predicted octanol–water partition coefficient (Wildman–Crippen LogP) is 3.38. The Kier molecular flexibility index (Phi) is 3.85. The van der Waals surface area contributed by atoms with Crippen molar-refractivity contribution in [2.45, 2.75) is 27.3 Å². The number of pyridine rings is 1. The summed E-state index contributed by atoms with van der Waals surface area (Å²) in [5.41, 5.74) is 4.64. The van der Waals surface area contributed by atoms with Crippen molar-refractivity contribution in [1.29, 1.82) is 0 Å². The lowest BCUT2D eigenvalue weighted by Crippen LogP contribution is -2.10. The molecule has 0 aliphatic heterocycles. The summed E-state index contributed by atoms with van der Waals surface area (Å²) in [5, 5.41) is 16.6. The number of hydrogen-bond acceptors (Lipinski definition) is 4. The van der Waals surface area contributed by atoms with Crippen LogP contribution in [-0.4, -0.2) is 16.1 Å². The minimum atomic E-state index is -0.949. The fourth-order valence-electron chi connectivity index (χ4n) is 2.00. The second-order valence-corrected chi connectivity index (χ2v) is 5.25. The molecule has 2 aromatic heterocycles. The highest BCUT2D eigenvalue weighted by atomic mass is 32.1. The molecule has 0 spiro atoms. The zero-order chi connectivity index (χ0) is 14.0. The number of carbonyl (C=O) groups is 1. The van der Waals surface area contributed by atoms with E-state index >= 15 is 0 Å². The Morgan fingerprint density at radius 3 is 2.68 bits per heavy atom. The number of aryl methyl sites for hydroxylation is 3. The number of thiophene rings is 1. The molecule has 2 rings (SSSR count). The Morgan fingerprint density at radius 2 is 2.11 bits per heavy atom. The minimum absolute atomic E-state index is 0.249. The number of anilines is 1. The van der Waals surface area contributed by atoms with E-state index in [0.29, 0.717) is 17.9 Å². The van der Waals surface area contributed by atoms with E-state index in [-0.39, 0.29) is 5.56 Å². The van der Waals surface area contributed by atoms with E-state index in [0.717, 1.165) is 5.69 Å². The molecule has 0 amide bonds. The minimum Gasteiger partial charge on any atom is -0.478 e. The van der Waals surface area contributed by atoms with E-state index in [2.05, 4.69) is 28.0 Å². The largest absolute Gasteiger partial charge is 0.478 e. The Morgan fingerprint density at radius 1 is 1.37 bits per heavy atom. The normalized spacial score (nSPS) is 10.5. The van der Waals surface area contributed by atoms with Crippen molar-refractivity contribution < 1.29 is 9.90 Å². The van der Waals surface area contributed by atoms with Crippen LogP contribution in [0.2, 0.25) is 0 Å². The highest BCUT2D eigenvalue weighted by Crippen LogP contribution is 2.22. The van der Waals surface area contributed by atoms with Gasteiger partial charge in [0.1, 0.15) is 5.56 Å². The van der Waals surface area contributed by atoms with Crippen molar-refractivity contribution in [2.75, 3.05) is 5.32 Å². The number of aromatic nitrogens is 1. The molecule has 2 N–H and O–H groups in total. The van der Waals surface area contributed by atoms with Crippen molar-refractivity contribution in [3.63, 3.8) is 0 Å². The third kappa shape index (κ3) is 2.93. The summed E-state index contributed by atoms with van der Waals surface area (Å²) in [5.74, 6) is -0.949. The molecule has 0 fully saturated rings. The van der Waals surface area contributed by atoms with E-state index in [1.807, 2.05) is 6.92 Å². The summed E-state index contributed by atoms with van der Waals surface area (Å²) in [7, 11) is 0. The monoisotopic (exact) mass is 276 g/mol. The molecule has 2 heterocycles. The molecule has 0 bridgehead atoms. The maximum absolute atomic E-state index is 11.3. The molecule has 0 unspecified atom stereocenters. The number of nitrogens with zero attached hydrogens (tertiary/aromatic N) is 1. The van der Waals surface area contributed by atoms with Crippen molar-refractivity contribution >= 4 is 23.0 Å². The maximum atomic E-state index is 11.3. The highest BCUT2D eigenvalue weighted by Gasteiger charge is 2.15. The van der Waals surface area contributed by atoms with Gasteiger partial charge in [-0.1, -0.05) is 0 Å². The van der Waals surface area contributed by atoms with Gasteiger partial charge < -0.3 is 10.4 Å². The predicted molar refractivity (Wildman–Crippen MR) is 77.1 cm³/mol. The Balaban J connectivity index is 2.29. The van der Waals surface area contributed by atoms with Gasteiger partial charge in [0, 0.05) is 12.2 Å². The first-order valence-corrected chi connectivity index (χ1v) is 6.90. The van der Waals surface area contributed by atoms with E-state index in [9.17, 15) is 9.90 Å². The van der Waals surface area contributed by atoms with Gasteiger partial charge in [-0.25, -0.2) is 4.79 Å². The van der Waals surface area contributed by atoms with Crippen molar-refractivity contribution in [2.24, 2.45) is 0 Å². The molecule has 100 valence electrons. The van der Waals surface area contributed by atoms with E-state index in [4.69, 9.17) is 0 Å². The maximum Gasteiger partial charge on any atom is 0.339 e. The molecule has 0 atom stereocenters. The van der Waals surface area contributed by atoms with Crippen LogP contribution in [0.25, 0.3) is 0 Å². The number of carboxylic acids is 1. The van der Waals surface area contributed by atoms with Crippen molar-refractivity contribution in [3.05, 3.63) is 44.9 Å². The van der Waals surface area contributed by atoms with Gasteiger partial charge in [-0.2, -0.15) is 11.3 Å². The zero-order valence-corrected chi connectivity index (χ0v) is 12.0. The first-order chi connectivity index (χ1) is 8.99. The zero-order valence-electron chi connectivity index (χ0n) is 11.2. The first kappa shape index (κ1) is 13.5. The topological polar surface area (TPSA) is 62.2 Å². The molecule has 0 aromatic carbocycles. The average Bonchev–Trinajstić information content (AvgIpc) is 2.70.